The third-order valence-corrected chi connectivity index (χ3v) is 2.75. The van der Waals surface area contributed by atoms with Crippen molar-refractivity contribution >= 4 is 23.2 Å². The first kappa shape index (κ1) is 13.9. The van der Waals surface area contributed by atoms with E-state index in [9.17, 15) is 4.79 Å². The maximum absolute atomic E-state index is 11.3. The number of allylic oxidation sites excluding steroid dienone is 1. The Bertz CT molecular complexity index is 569. The van der Waals surface area contributed by atoms with Gasteiger partial charge in [0.1, 0.15) is 0 Å². The summed E-state index contributed by atoms with van der Waals surface area (Å²) in [7, 11) is 1.71. The van der Waals surface area contributed by atoms with Gasteiger partial charge in [-0.15, -0.1) is 0 Å². The number of carbonyl (C=O) groups excluding carboxylic acids is 1. The average Bonchev–Trinajstić information content (AvgIpc) is 3.28. The topological polar surface area (TPSA) is 65.5 Å². The van der Waals surface area contributed by atoms with Gasteiger partial charge in [-0.25, -0.2) is 0 Å². The molecule has 5 heteroatoms. The van der Waals surface area contributed by atoms with Crippen molar-refractivity contribution in [3.05, 3.63) is 48.7 Å². The fourth-order valence-electron chi connectivity index (χ4n) is 1.55. The van der Waals surface area contributed by atoms with Crippen LogP contribution in [0.1, 0.15) is 12.8 Å². The zero-order valence-electron chi connectivity index (χ0n) is 11.4. The number of nitrogens with one attached hydrogen (secondary N) is 3. The summed E-state index contributed by atoms with van der Waals surface area (Å²) in [6.45, 7) is 3.42. The summed E-state index contributed by atoms with van der Waals surface area (Å²) in [5.41, 5.74) is 2.94. The van der Waals surface area contributed by atoms with Crippen LogP contribution >= 0.6 is 0 Å². The molecule has 0 aliphatic heterocycles. The Labute approximate surface area is 118 Å². The highest BCUT2D eigenvalue weighted by Crippen LogP contribution is 2.26. The molecule has 0 heterocycles. The summed E-state index contributed by atoms with van der Waals surface area (Å²) in [4.78, 5) is 15.4. The quantitative estimate of drug-likeness (QED) is 0.447. The van der Waals surface area contributed by atoms with Gasteiger partial charge in [-0.05, 0) is 37.1 Å². The molecule has 1 aromatic rings. The van der Waals surface area contributed by atoms with Crippen LogP contribution in [0.4, 0.5) is 11.4 Å². The van der Waals surface area contributed by atoms with Crippen molar-refractivity contribution < 1.29 is 4.79 Å². The molecule has 1 amide bonds. The van der Waals surface area contributed by atoms with Crippen LogP contribution in [0.25, 0.3) is 0 Å². The molecule has 20 heavy (non-hydrogen) atoms. The number of amides is 1. The maximum Gasteiger partial charge on any atom is 0.247 e. The van der Waals surface area contributed by atoms with Gasteiger partial charge in [-0.2, -0.15) is 0 Å². The van der Waals surface area contributed by atoms with Crippen LogP contribution in [0, 0.1) is 0 Å². The predicted molar refractivity (Wildman–Crippen MR) is 82.7 cm³/mol. The lowest BCUT2D eigenvalue weighted by Gasteiger charge is -2.10. The Balaban J connectivity index is 2.00. The number of rotatable bonds is 4. The van der Waals surface area contributed by atoms with E-state index >= 15 is 0 Å². The van der Waals surface area contributed by atoms with E-state index in [2.05, 4.69) is 27.5 Å². The number of carbonyl (C=O) groups is 1. The van der Waals surface area contributed by atoms with Gasteiger partial charge in [-0.3, -0.25) is 9.79 Å². The molecule has 0 saturated heterocycles. The second-order valence-corrected chi connectivity index (χ2v) is 4.42. The first-order chi connectivity index (χ1) is 9.71. The van der Waals surface area contributed by atoms with Gasteiger partial charge in [0.2, 0.25) is 5.91 Å². The molecule has 0 bridgehead atoms. The number of benzene rings is 1. The summed E-state index contributed by atoms with van der Waals surface area (Å²) in [5, 5.41) is 9.00. The van der Waals surface area contributed by atoms with Gasteiger partial charge in [0.15, 0.2) is 5.96 Å². The second kappa shape index (κ2) is 6.56. The van der Waals surface area contributed by atoms with Crippen molar-refractivity contribution in [3.63, 3.8) is 0 Å². The largest absolute Gasteiger partial charge is 0.333 e. The minimum absolute atomic E-state index is 0.233. The van der Waals surface area contributed by atoms with Crippen molar-refractivity contribution in [2.24, 2.45) is 4.99 Å². The highest BCUT2D eigenvalue weighted by molar-refractivity contribution is 6.00. The van der Waals surface area contributed by atoms with E-state index in [-0.39, 0.29) is 5.91 Å². The zero-order chi connectivity index (χ0) is 14.4. The van der Waals surface area contributed by atoms with E-state index in [0.29, 0.717) is 11.6 Å². The molecule has 3 N–H and O–H groups in total. The van der Waals surface area contributed by atoms with Crippen molar-refractivity contribution in [1.82, 2.24) is 5.32 Å². The minimum Gasteiger partial charge on any atom is -0.333 e. The normalized spacial score (nSPS) is 13.4. The van der Waals surface area contributed by atoms with E-state index in [0.717, 1.165) is 18.5 Å². The van der Waals surface area contributed by atoms with Crippen LogP contribution in [0.5, 0.6) is 0 Å². The van der Waals surface area contributed by atoms with Crippen molar-refractivity contribution in [2.45, 2.75) is 12.8 Å². The van der Waals surface area contributed by atoms with Crippen molar-refractivity contribution in [2.75, 3.05) is 17.7 Å². The Hall–Kier alpha value is -2.56. The molecule has 1 saturated carbocycles. The van der Waals surface area contributed by atoms with Gasteiger partial charge in [0, 0.05) is 24.6 Å². The fraction of sp³-hybridized carbons (Fsp3) is 0.200. The molecule has 0 atom stereocenters. The van der Waals surface area contributed by atoms with Crippen LogP contribution in [-0.2, 0) is 4.79 Å². The summed E-state index contributed by atoms with van der Waals surface area (Å²) in [5.74, 6) is 0.430. The van der Waals surface area contributed by atoms with Crippen LogP contribution in [-0.4, -0.2) is 18.9 Å². The van der Waals surface area contributed by atoms with Gasteiger partial charge >= 0.3 is 0 Å². The lowest BCUT2D eigenvalue weighted by molar-refractivity contribution is -0.111. The second-order valence-electron chi connectivity index (χ2n) is 4.42. The standard InChI is InChI=1S/C15H18N4O/c1-3-14(20)18-12-5-4-6-13(9-12)19-15(16-2)17-10-11-7-8-11/h3-6,9-10H,1,7-8H2,2H3,(H,18,20)(H2,16,17,19). The van der Waals surface area contributed by atoms with Gasteiger partial charge in [0.25, 0.3) is 0 Å². The summed E-state index contributed by atoms with van der Waals surface area (Å²) in [6, 6.07) is 7.40. The molecule has 0 radical (unpaired) electrons. The molecule has 1 aliphatic carbocycles. The number of anilines is 2. The third kappa shape index (κ3) is 4.28. The van der Waals surface area contributed by atoms with E-state index in [4.69, 9.17) is 0 Å². The highest BCUT2D eigenvalue weighted by atomic mass is 16.1. The van der Waals surface area contributed by atoms with E-state index in [1.807, 2.05) is 30.5 Å². The van der Waals surface area contributed by atoms with Gasteiger partial charge < -0.3 is 16.0 Å². The third-order valence-electron chi connectivity index (χ3n) is 2.75. The lowest BCUT2D eigenvalue weighted by Crippen LogP contribution is -2.26. The molecule has 0 aromatic heterocycles. The van der Waals surface area contributed by atoms with Crippen molar-refractivity contribution in [3.8, 4) is 0 Å². The Morgan fingerprint density at radius 3 is 2.60 bits per heavy atom. The predicted octanol–water partition coefficient (Wildman–Crippen LogP) is 2.48. The molecular weight excluding hydrogens is 252 g/mol. The lowest BCUT2D eigenvalue weighted by atomic mass is 10.2. The smallest absolute Gasteiger partial charge is 0.247 e. The SMILES string of the molecule is C=CC(=O)Nc1cccc(NC(=NC)NC=C2CC2)c1. The summed E-state index contributed by atoms with van der Waals surface area (Å²) < 4.78 is 0. The molecule has 2 rings (SSSR count). The van der Waals surface area contributed by atoms with Crippen LogP contribution in [0.15, 0.2) is 53.7 Å². The molecule has 1 aliphatic rings. The Morgan fingerprint density at radius 1 is 1.30 bits per heavy atom. The number of hydrogen-bond acceptors (Lipinski definition) is 2. The first-order valence-electron chi connectivity index (χ1n) is 6.43. The highest BCUT2D eigenvalue weighted by Gasteiger charge is 2.10. The number of nitrogens with zero attached hydrogens (tertiary/aromatic N) is 1. The Morgan fingerprint density at radius 2 is 2.00 bits per heavy atom. The van der Waals surface area contributed by atoms with Crippen LogP contribution in [0.2, 0.25) is 0 Å². The molecule has 5 nitrogen and oxygen atoms in total. The van der Waals surface area contributed by atoms with E-state index in [1.54, 1.807) is 7.05 Å². The van der Waals surface area contributed by atoms with Crippen LogP contribution < -0.4 is 16.0 Å². The fourth-order valence-corrected chi connectivity index (χ4v) is 1.55. The van der Waals surface area contributed by atoms with Gasteiger partial charge in [0.05, 0.1) is 0 Å². The number of aliphatic imine (C=N–C) groups is 1. The molecule has 0 unspecified atom stereocenters. The summed E-state index contributed by atoms with van der Waals surface area (Å²) >= 11 is 0. The van der Waals surface area contributed by atoms with E-state index in [1.165, 1.54) is 11.6 Å². The van der Waals surface area contributed by atoms with Crippen molar-refractivity contribution in [1.29, 1.82) is 0 Å². The molecule has 0 spiro atoms. The maximum atomic E-state index is 11.3. The molecular formula is C15H18N4O. The zero-order valence-corrected chi connectivity index (χ0v) is 11.4. The monoisotopic (exact) mass is 270 g/mol. The van der Waals surface area contributed by atoms with Crippen LogP contribution in [0.3, 0.4) is 0 Å². The minimum atomic E-state index is -0.233. The molecule has 1 fully saturated rings. The summed E-state index contributed by atoms with van der Waals surface area (Å²) in [6.07, 6.45) is 5.53. The van der Waals surface area contributed by atoms with Gasteiger partial charge in [-0.1, -0.05) is 18.2 Å². The van der Waals surface area contributed by atoms with E-state index < -0.39 is 0 Å². The number of hydrogen-bond donors (Lipinski definition) is 3. The molecule has 104 valence electrons. The number of guanidine groups is 1. The average molecular weight is 270 g/mol. The first-order valence-corrected chi connectivity index (χ1v) is 6.43. The molecule has 1 aromatic carbocycles. The Kier molecular flexibility index (Phi) is 4.55.